The van der Waals surface area contributed by atoms with Gasteiger partial charge in [0, 0.05) is 37.3 Å². The summed E-state index contributed by atoms with van der Waals surface area (Å²) in [5.41, 5.74) is 8.35. The smallest absolute Gasteiger partial charge is 0.255 e. The van der Waals surface area contributed by atoms with Gasteiger partial charge in [-0.3, -0.25) is 24.6 Å². The fraction of sp³-hybridized carbons (Fsp3) is 0.356. The normalized spacial score (nSPS) is 18.3. The van der Waals surface area contributed by atoms with E-state index in [1.165, 1.54) is 30.4 Å². The van der Waals surface area contributed by atoms with Gasteiger partial charge in [-0.25, -0.2) is 0 Å². The van der Waals surface area contributed by atoms with E-state index in [1.807, 2.05) is 36.4 Å². The van der Waals surface area contributed by atoms with Gasteiger partial charge < -0.3 is 20.1 Å². The predicted octanol–water partition coefficient (Wildman–Crippen LogP) is 7.51. The summed E-state index contributed by atoms with van der Waals surface area (Å²) < 4.78 is 6.21. The van der Waals surface area contributed by atoms with Crippen molar-refractivity contribution in [1.29, 1.82) is 0 Å². The Bertz CT molecular complexity index is 1970. The number of rotatable bonds is 14. The summed E-state index contributed by atoms with van der Waals surface area (Å²) in [7, 11) is 0. The molecule has 9 heteroatoms. The number of allylic oxidation sites excluding steroid dienone is 1. The Kier molecular flexibility index (Phi) is 11.7. The van der Waals surface area contributed by atoms with Crippen LogP contribution in [0.25, 0.3) is 11.1 Å². The first kappa shape index (κ1) is 36.9. The third-order valence-electron chi connectivity index (χ3n) is 11.1. The maximum Gasteiger partial charge on any atom is 0.255 e. The predicted molar refractivity (Wildman–Crippen MR) is 212 cm³/mol. The molecule has 2 fully saturated rings. The molecule has 3 aliphatic rings. The number of nitrogens with one attached hydrogen (secondary N) is 2. The molecule has 4 aromatic carbocycles. The quantitative estimate of drug-likeness (QED) is 0.0701. The minimum absolute atomic E-state index is 0.142. The monoisotopic (exact) mass is 726 g/mol. The Balaban J connectivity index is 0.835. The SMILES string of the molecule is CC/C(=C(\c1ccc(O)cc1)c1ccc(OCCN2CCC(CCCNc3ccc4c(c3)CN(C3CCC(=O)NC3=O)C4=O)CC2)cc1)c1ccccc1. The number of carbonyl (C=O) groups is 3. The summed E-state index contributed by atoms with van der Waals surface area (Å²) in [6.45, 7) is 7.17. The molecule has 0 aromatic heterocycles. The molecular weight excluding hydrogens is 677 g/mol. The largest absolute Gasteiger partial charge is 0.508 e. The standard InChI is InChI=1S/C45H50N4O5/c1-2-39(32-8-4-3-5-9-32)43(33-10-15-37(50)16-11-33)34-12-17-38(18-13-34)54-28-27-48-25-22-31(23-26-48)7-6-24-46-36-14-19-40-35(29-36)30-49(45(40)53)41-20-21-42(51)47-44(41)52/h3-5,8-19,29,31,41,46,50H,2,6-7,20-28,30H2,1H3,(H,47,51,52)/b43-39-. The first-order valence-electron chi connectivity index (χ1n) is 19.4. The van der Waals surface area contributed by atoms with Crippen molar-refractivity contribution in [3.8, 4) is 11.5 Å². The fourth-order valence-electron chi connectivity index (χ4n) is 8.12. The molecule has 7 rings (SSSR count). The highest BCUT2D eigenvalue weighted by molar-refractivity contribution is 6.05. The van der Waals surface area contributed by atoms with Gasteiger partial charge in [0.05, 0.1) is 0 Å². The molecule has 3 heterocycles. The first-order chi connectivity index (χ1) is 26.4. The Morgan fingerprint density at radius 3 is 2.30 bits per heavy atom. The number of piperidine rings is 2. The van der Waals surface area contributed by atoms with Crippen LogP contribution in [0.2, 0.25) is 0 Å². The molecule has 4 aromatic rings. The minimum Gasteiger partial charge on any atom is -0.508 e. The lowest BCUT2D eigenvalue weighted by molar-refractivity contribution is -0.136. The summed E-state index contributed by atoms with van der Waals surface area (Å²) in [6, 6.07) is 31.6. The van der Waals surface area contributed by atoms with Crippen LogP contribution in [-0.4, -0.2) is 71.5 Å². The number of aromatic hydroxyl groups is 1. The van der Waals surface area contributed by atoms with E-state index >= 15 is 0 Å². The lowest BCUT2D eigenvalue weighted by Gasteiger charge is -2.31. The van der Waals surface area contributed by atoms with E-state index in [-0.39, 0.29) is 29.9 Å². The molecule has 0 saturated carbocycles. The van der Waals surface area contributed by atoms with Gasteiger partial charge in [0.25, 0.3) is 5.91 Å². The Morgan fingerprint density at radius 2 is 1.59 bits per heavy atom. The zero-order valence-electron chi connectivity index (χ0n) is 31.1. The second-order valence-electron chi connectivity index (χ2n) is 14.6. The number of imide groups is 1. The lowest BCUT2D eigenvalue weighted by atomic mass is 9.88. The van der Waals surface area contributed by atoms with Crippen molar-refractivity contribution in [3.05, 3.63) is 125 Å². The highest BCUT2D eigenvalue weighted by atomic mass is 16.5. The molecule has 1 atom stereocenters. The number of nitrogens with zero attached hydrogens (tertiary/aromatic N) is 2. The van der Waals surface area contributed by atoms with Crippen molar-refractivity contribution in [1.82, 2.24) is 15.1 Å². The molecular formula is C45H50N4O5. The molecule has 1 unspecified atom stereocenters. The lowest BCUT2D eigenvalue weighted by Crippen LogP contribution is -2.52. The number of anilines is 1. The van der Waals surface area contributed by atoms with E-state index in [4.69, 9.17) is 4.74 Å². The van der Waals surface area contributed by atoms with E-state index in [2.05, 4.69) is 71.0 Å². The van der Waals surface area contributed by atoms with Crippen LogP contribution < -0.4 is 15.4 Å². The maximum atomic E-state index is 13.0. The van der Waals surface area contributed by atoms with Crippen LogP contribution in [0.4, 0.5) is 5.69 Å². The summed E-state index contributed by atoms with van der Waals surface area (Å²) in [4.78, 5) is 41.0. The van der Waals surface area contributed by atoms with E-state index in [0.717, 1.165) is 78.6 Å². The van der Waals surface area contributed by atoms with Gasteiger partial charge in [0.1, 0.15) is 24.1 Å². The summed E-state index contributed by atoms with van der Waals surface area (Å²) >= 11 is 0. The molecule has 0 radical (unpaired) electrons. The van der Waals surface area contributed by atoms with Gasteiger partial charge in [0.15, 0.2) is 0 Å². The van der Waals surface area contributed by atoms with Crippen molar-refractivity contribution in [2.75, 3.05) is 38.1 Å². The van der Waals surface area contributed by atoms with Crippen molar-refractivity contribution in [2.45, 2.75) is 64.5 Å². The molecule has 0 aliphatic carbocycles. The molecule has 0 bridgehead atoms. The third-order valence-corrected chi connectivity index (χ3v) is 11.1. The van der Waals surface area contributed by atoms with Crippen LogP contribution in [0.15, 0.2) is 97.1 Å². The number of hydrogen-bond acceptors (Lipinski definition) is 7. The average molecular weight is 727 g/mol. The topological polar surface area (TPSA) is 111 Å². The van der Waals surface area contributed by atoms with Crippen molar-refractivity contribution in [2.24, 2.45) is 5.92 Å². The molecule has 280 valence electrons. The zero-order valence-corrected chi connectivity index (χ0v) is 31.1. The number of fused-ring (bicyclic) bond motifs is 1. The van der Waals surface area contributed by atoms with Crippen LogP contribution in [0.3, 0.4) is 0 Å². The second-order valence-corrected chi connectivity index (χ2v) is 14.6. The molecule has 0 spiro atoms. The summed E-state index contributed by atoms with van der Waals surface area (Å²) in [6.07, 6.45) is 6.15. The van der Waals surface area contributed by atoms with Gasteiger partial charge in [0.2, 0.25) is 11.8 Å². The summed E-state index contributed by atoms with van der Waals surface area (Å²) in [5, 5.41) is 15.8. The van der Waals surface area contributed by atoms with Gasteiger partial charge in [-0.15, -0.1) is 0 Å². The Hall–Kier alpha value is -5.41. The van der Waals surface area contributed by atoms with Crippen molar-refractivity contribution in [3.63, 3.8) is 0 Å². The summed E-state index contributed by atoms with van der Waals surface area (Å²) in [5.74, 6) is 1.04. The molecule has 3 aliphatic heterocycles. The molecule has 3 amide bonds. The number of ether oxygens (including phenoxy) is 1. The zero-order chi connectivity index (χ0) is 37.4. The fourth-order valence-corrected chi connectivity index (χ4v) is 8.12. The Labute approximate surface area is 318 Å². The first-order valence-corrected chi connectivity index (χ1v) is 19.4. The number of phenols is 1. The van der Waals surface area contributed by atoms with Gasteiger partial charge >= 0.3 is 0 Å². The van der Waals surface area contributed by atoms with Crippen LogP contribution in [0, 0.1) is 5.92 Å². The van der Waals surface area contributed by atoms with E-state index in [0.29, 0.717) is 25.1 Å². The number of carbonyl (C=O) groups excluding carboxylic acids is 3. The van der Waals surface area contributed by atoms with Gasteiger partial charge in [-0.2, -0.15) is 0 Å². The van der Waals surface area contributed by atoms with Crippen LogP contribution in [-0.2, 0) is 16.1 Å². The van der Waals surface area contributed by atoms with E-state index in [1.54, 1.807) is 17.0 Å². The molecule has 9 nitrogen and oxygen atoms in total. The molecule has 3 N–H and O–H groups in total. The van der Waals surface area contributed by atoms with E-state index in [9.17, 15) is 19.5 Å². The van der Waals surface area contributed by atoms with Gasteiger partial charge in [-0.1, -0.05) is 61.5 Å². The number of amides is 3. The highest BCUT2D eigenvalue weighted by Gasteiger charge is 2.39. The maximum absolute atomic E-state index is 13.0. The molecule has 54 heavy (non-hydrogen) atoms. The van der Waals surface area contributed by atoms with Crippen molar-refractivity contribution >= 4 is 34.6 Å². The third kappa shape index (κ3) is 8.69. The van der Waals surface area contributed by atoms with Crippen LogP contribution in [0.5, 0.6) is 11.5 Å². The average Bonchev–Trinajstić information content (AvgIpc) is 3.52. The van der Waals surface area contributed by atoms with E-state index < -0.39 is 6.04 Å². The van der Waals surface area contributed by atoms with Crippen LogP contribution >= 0.6 is 0 Å². The second kappa shape index (κ2) is 17.2. The minimum atomic E-state index is -0.592. The highest BCUT2D eigenvalue weighted by Crippen LogP contribution is 2.36. The number of phenolic OH excluding ortho intramolecular Hbond substituents is 1. The number of hydrogen-bond donors (Lipinski definition) is 3. The molecule has 2 saturated heterocycles. The van der Waals surface area contributed by atoms with Gasteiger partial charge in [-0.05, 0) is 133 Å². The van der Waals surface area contributed by atoms with Crippen LogP contribution in [0.1, 0.15) is 84.5 Å². The number of likely N-dealkylation sites (tertiary alicyclic amines) is 1. The Morgan fingerprint density at radius 1 is 0.870 bits per heavy atom. The van der Waals surface area contributed by atoms with Crippen molar-refractivity contribution < 1.29 is 24.2 Å². The number of benzene rings is 4.